The number of carbonyl (C=O) groups is 1. The molecule has 0 radical (unpaired) electrons. The molecule has 1 saturated heterocycles. The van der Waals surface area contributed by atoms with Crippen molar-refractivity contribution in [3.63, 3.8) is 0 Å². The summed E-state index contributed by atoms with van der Waals surface area (Å²) in [5.74, 6) is 0.218. The molecule has 3 rings (SSSR count). The van der Waals surface area contributed by atoms with E-state index in [0.717, 1.165) is 37.2 Å². The molecule has 0 bridgehead atoms. The van der Waals surface area contributed by atoms with Gasteiger partial charge in [0.15, 0.2) is 0 Å². The second-order valence-corrected chi connectivity index (χ2v) is 7.01. The molecular formula is C19H28N4O2. The highest BCUT2D eigenvalue weighted by Crippen LogP contribution is 2.19. The molecule has 1 aliphatic heterocycles. The predicted octanol–water partition coefficient (Wildman–Crippen LogP) is 1.57. The lowest BCUT2D eigenvalue weighted by atomic mass is 10.1. The minimum atomic E-state index is -0.451. The molecule has 1 N–H and O–H groups in total. The number of piperazine rings is 1. The second kappa shape index (κ2) is 7.54. The topological polar surface area (TPSA) is 61.6 Å². The maximum Gasteiger partial charge on any atom is 0.222 e. The number of benzene rings is 1. The van der Waals surface area contributed by atoms with E-state index >= 15 is 0 Å². The Bertz CT molecular complexity index is 747. The number of imidazole rings is 1. The van der Waals surface area contributed by atoms with Crippen LogP contribution in [-0.4, -0.2) is 69.2 Å². The van der Waals surface area contributed by atoms with E-state index in [1.807, 2.05) is 22.7 Å². The Balaban J connectivity index is 1.58. The summed E-state index contributed by atoms with van der Waals surface area (Å²) in [6.45, 7) is 10.4. The Kier molecular flexibility index (Phi) is 5.39. The maximum atomic E-state index is 11.7. The van der Waals surface area contributed by atoms with E-state index in [-0.39, 0.29) is 5.91 Å². The van der Waals surface area contributed by atoms with Gasteiger partial charge < -0.3 is 14.6 Å². The summed E-state index contributed by atoms with van der Waals surface area (Å²) in [5.41, 5.74) is 4.51. The summed E-state index contributed by atoms with van der Waals surface area (Å²) in [6.07, 6.45) is 1.92. The molecule has 1 amide bonds. The molecule has 6 heteroatoms. The van der Waals surface area contributed by atoms with Crippen LogP contribution in [0.3, 0.4) is 0 Å². The summed E-state index contributed by atoms with van der Waals surface area (Å²) in [7, 11) is 0. The summed E-state index contributed by atoms with van der Waals surface area (Å²) in [4.78, 5) is 20.3. The van der Waals surface area contributed by atoms with Crippen molar-refractivity contribution in [3.05, 3.63) is 29.6 Å². The zero-order valence-corrected chi connectivity index (χ0v) is 15.4. The van der Waals surface area contributed by atoms with E-state index in [4.69, 9.17) is 0 Å². The standard InChI is InChI=1S/C19H28N4O2/c1-4-19(25)22-7-5-21(6-8-22)11-16(24)12-23-13-20-17-9-14(2)15(3)10-18(17)23/h9-10,13,16,24H,4-8,11-12H2,1-3H3. The van der Waals surface area contributed by atoms with E-state index in [1.165, 1.54) is 11.1 Å². The van der Waals surface area contributed by atoms with Crippen LogP contribution in [0, 0.1) is 13.8 Å². The number of carbonyl (C=O) groups excluding carboxylic acids is 1. The highest BCUT2D eigenvalue weighted by atomic mass is 16.3. The van der Waals surface area contributed by atoms with Crippen molar-refractivity contribution in [2.75, 3.05) is 32.7 Å². The number of fused-ring (bicyclic) bond motifs is 1. The average Bonchev–Trinajstić information content (AvgIpc) is 2.97. The van der Waals surface area contributed by atoms with Crippen LogP contribution in [0.1, 0.15) is 24.5 Å². The number of β-amino-alcohol motifs (C(OH)–C–C–N with tert-alkyl or cyclic N) is 1. The lowest BCUT2D eigenvalue weighted by molar-refractivity contribution is -0.132. The van der Waals surface area contributed by atoms with Crippen LogP contribution < -0.4 is 0 Å². The third kappa shape index (κ3) is 4.02. The summed E-state index contributed by atoms with van der Waals surface area (Å²) in [6, 6.07) is 4.23. The van der Waals surface area contributed by atoms with Gasteiger partial charge in [-0.2, -0.15) is 0 Å². The Morgan fingerprint density at radius 2 is 1.84 bits per heavy atom. The van der Waals surface area contributed by atoms with Gasteiger partial charge in [-0.05, 0) is 37.1 Å². The van der Waals surface area contributed by atoms with Crippen molar-refractivity contribution >= 4 is 16.9 Å². The van der Waals surface area contributed by atoms with Gasteiger partial charge in [-0.25, -0.2) is 4.98 Å². The van der Waals surface area contributed by atoms with Gasteiger partial charge in [0.1, 0.15) is 0 Å². The quantitative estimate of drug-likeness (QED) is 0.894. The molecule has 0 spiro atoms. The van der Waals surface area contributed by atoms with Crippen LogP contribution in [0.2, 0.25) is 0 Å². The molecule has 1 aromatic heterocycles. The molecule has 1 atom stereocenters. The smallest absolute Gasteiger partial charge is 0.222 e. The van der Waals surface area contributed by atoms with E-state index in [0.29, 0.717) is 19.5 Å². The Morgan fingerprint density at radius 1 is 1.16 bits per heavy atom. The second-order valence-electron chi connectivity index (χ2n) is 7.01. The summed E-state index contributed by atoms with van der Waals surface area (Å²) in [5, 5.41) is 10.5. The van der Waals surface area contributed by atoms with Gasteiger partial charge in [-0.3, -0.25) is 9.69 Å². The minimum absolute atomic E-state index is 0.218. The van der Waals surface area contributed by atoms with Gasteiger partial charge in [0.05, 0.1) is 30.0 Å². The normalized spacial score (nSPS) is 17.2. The first-order valence-electron chi connectivity index (χ1n) is 9.08. The van der Waals surface area contributed by atoms with Gasteiger partial charge >= 0.3 is 0 Å². The lowest BCUT2D eigenvalue weighted by Gasteiger charge is -2.35. The van der Waals surface area contributed by atoms with Gasteiger partial charge in [-0.15, -0.1) is 0 Å². The fraction of sp³-hybridized carbons (Fsp3) is 0.579. The molecule has 2 aromatic rings. The molecule has 1 aliphatic rings. The molecular weight excluding hydrogens is 316 g/mol. The van der Waals surface area contributed by atoms with Crippen LogP contribution in [0.15, 0.2) is 18.5 Å². The van der Waals surface area contributed by atoms with Crippen molar-refractivity contribution in [2.24, 2.45) is 0 Å². The number of aliphatic hydroxyl groups excluding tert-OH is 1. The SMILES string of the molecule is CCC(=O)N1CCN(CC(O)Cn2cnc3cc(C)c(C)cc32)CC1. The molecule has 2 heterocycles. The first-order chi connectivity index (χ1) is 12.0. The first-order valence-corrected chi connectivity index (χ1v) is 9.08. The van der Waals surface area contributed by atoms with Gasteiger partial charge in [0, 0.05) is 39.1 Å². The summed E-state index contributed by atoms with van der Waals surface area (Å²) < 4.78 is 2.03. The van der Waals surface area contributed by atoms with Crippen LogP contribution >= 0.6 is 0 Å². The van der Waals surface area contributed by atoms with E-state index in [2.05, 4.69) is 35.9 Å². The molecule has 1 aromatic carbocycles. The largest absolute Gasteiger partial charge is 0.390 e. The van der Waals surface area contributed by atoms with Crippen molar-refractivity contribution in [2.45, 2.75) is 39.8 Å². The zero-order chi connectivity index (χ0) is 18.0. The number of hydrogen-bond acceptors (Lipinski definition) is 4. The number of rotatable bonds is 5. The molecule has 0 aliphatic carbocycles. The Labute approximate surface area is 149 Å². The van der Waals surface area contributed by atoms with E-state index < -0.39 is 6.10 Å². The van der Waals surface area contributed by atoms with Crippen LogP contribution in [0.25, 0.3) is 11.0 Å². The van der Waals surface area contributed by atoms with Crippen molar-refractivity contribution in [1.82, 2.24) is 19.4 Å². The monoisotopic (exact) mass is 344 g/mol. The summed E-state index contributed by atoms with van der Waals surface area (Å²) >= 11 is 0. The van der Waals surface area contributed by atoms with Crippen LogP contribution in [-0.2, 0) is 11.3 Å². The molecule has 0 saturated carbocycles. The lowest BCUT2D eigenvalue weighted by Crippen LogP contribution is -2.50. The molecule has 136 valence electrons. The number of aliphatic hydroxyl groups is 1. The molecule has 1 unspecified atom stereocenters. The molecule has 25 heavy (non-hydrogen) atoms. The van der Waals surface area contributed by atoms with Gasteiger partial charge in [0.25, 0.3) is 0 Å². The van der Waals surface area contributed by atoms with E-state index in [9.17, 15) is 9.90 Å². The third-order valence-electron chi connectivity index (χ3n) is 5.14. The number of nitrogens with zero attached hydrogens (tertiary/aromatic N) is 4. The molecule has 6 nitrogen and oxygen atoms in total. The average molecular weight is 344 g/mol. The highest BCUT2D eigenvalue weighted by Gasteiger charge is 2.22. The highest BCUT2D eigenvalue weighted by molar-refractivity contribution is 5.77. The number of amides is 1. The third-order valence-corrected chi connectivity index (χ3v) is 5.14. The minimum Gasteiger partial charge on any atom is -0.390 e. The fourth-order valence-electron chi connectivity index (χ4n) is 3.45. The fourth-order valence-corrected chi connectivity index (χ4v) is 3.45. The zero-order valence-electron chi connectivity index (χ0n) is 15.4. The van der Waals surface area contributed by atoms with Gasteiger partial charge in [0.2, 0.25) is 5.91 Å². The van der Waals surface area contributed by atoms with E-state index in [1.54, 1.807) is 0 Å². The Hall–Kier alpha value is -1.92. The van der Waals surface area contributed by atoms with Crippen molar-refractivity contribution in [3.8, 4) is 0 Å². The van der Waals surface area contributed by atoms with Gasteiger partial charge in [-0.1, -0.05) is 6.92 Å². The van der Waals surface area contributed by atoms with Crippen molar-refractivity contribution in [1.29, 1.82) is 0 Å². The number of aromatic nitrogens is 2. The predicted molar refractivity (Wildman–Crippen MR) is 98.5 cm³/mol. The van der Waals surface area contributed by atoms with Crippen LogP contribution in [0.4, 0.5) is 0 Å². The Morgan fingerprint density at radius 3 is 2.52 bits per heavy atom. The molecule has 1 fully saturated rings. The number of aryl methyl sites for hydroxylation is 2. The van der Waals surface area contributed by atoms with Crippen molar-refractivity contribution < 1.29 is 9.90 Å². The first kappa shape index (κ1) is 17.9. The maximum absolute atomic E-state index is 11.7. The number of hydrogen-bond donors (Lipinski definition) is 1. The van der Waals surface area contributed by atoms with Crippen LogP contribution in [0.5, 0.6) is 0 Å².